The zero-order valence-electron chi connectivity index (χ0n) is 15.7. The van der Waals surface area contributed by atoms with E-state index in [1.54, 1.807) is 11.1 Å². The van der Waals surface area contributed by atoms with E-state index in [2.05, 4.69) is 28.4 Å². The molecule has 0 unspecified atom stereocenters. The standard InChI is InChI=1S/C21H32N2O3/c24-11-13-26-21-8-12-25-15-20(21)22-18-6-9-23(10-7-18)19-5-4-16-2-1-3-17(16)14-19/h4-5,14,18,20-22,24H,1-3,6-13,15H2/t20-,21+/m0/s1. The maximum Gasteiger partial charge on any atom is 0.0773 e. The van der Waals surface area contributed by atoms with Gasteiger partial charge in [-0.05, 0) is 61.8 Å². The number of aryl methyl sites for hydroxylation is 2. The first-order valence-corrected chi connectivity index (χ1v) is 10.3. The molecule has 2 fully saturated rings. The van der Waals surface area contributed by atoms with Gasteiger partial charge in [0.05, 0.1) is 32.0 Å². The highest BCUT2D eigenvalue weighted by molar-refractivity contribution is 5.52. The summed E-state index contributed by atoms with van der Waals surface area (Å²) in [6.45, 7) is 4.17. The first-order valence-electron chi connectivity index (χ1n) is 10.3. The van der Waals surface area contributed by atoms with Gasteiger partial charge in [-0.2, -0.15) is 0 Å². The van der Waals surface area contributed by atoms with Crippen LogP contribution in [0.15, 0.2) is 18.2 Å². The van der Waals surface area contributed by atoms with Crippen molar-refractivity contribution in [2.24, 2.45) is 0 Å². The molecule has 2 aliphatic heterocycles. The van der Waals surface area contributed by atoms with E-state index in [9.17, 15) is 0 Å². The van der Waals surface area contributed by atoms with Crippen LogP contribution in [0.4, 0.5) is 5.69 Å². The van der Waals surface area contributed by atoms with Crippen molar-refractivity contribution in [1.29, 1.82) is 0 Å². The normalized spacial score (nSPS) is 26.9. The van der Waals surface area contributed by atoms with Crippen molar-refractivity contribution in [2.75, 3.05) is 44.4 Å². The van der Waals surface area contributed by atoms with Crippen molar-refractivity contribution in [3.63, 3.8) is 0 Å². The second-order valence-corrected chi connectivity index (χ2v) is 7.84. The third-order valence-corrected chi connectivity index (χ3v) is 6.11. The van der Waals surface area contributed by atoms with Crippen molar-refractivity contribution in [1.82, 2.24) is 5.32 Å². The largest absolute Gasteiger partial charge is 0.394 e. The van der Waals surface area contributed by atoms with Gasteiger partial charge in [0, 0.05) is 31.4 Å². The number of aliphatic hydroxyl groups excluding tert-OH is 1. The van der Waals surface area contributed by atoms with Crippen LogP contribution >= 0.6 is 0 Å². The monoisotopic (exact) mass is 360 g/mol. The van der Waals surface area contributed by atoms with Crippen LogP contribution in [-0.2, 0) is 22.3 Å². The lowest BCUT2D eigenvalue weighted by Gasteiger charge is -2.39. The lowest BCUT2D eigenvalue weighted by Crippen LogP contribution is -2.54. The van der Waals surface area contributed by atoms with Gasteiger partial charge >= 0.3 is 0 Å². The molecule has 0 amide bonds. The predicted molar refractivity (Wildman–Crippen MR) is 103 cm³/mol. The second-order valence-electron chi connectivity index (χ2n) is 7.84. The zero-order chi connectivity index (χ0) is 17.8. The molecule has 26 heavy (non-hydrogen) atoms. The van der Waals surface area contributed by atoms with Crippen LogP contribution in [0.25, 0.3) is 0 Å². The number of ether oxygens (including phenoxy) is 2. The zero-order valence-corrected chi connectivity index (χ0v) is 15.7. The van der Waals surface area contributed by atoms with Gasteiger partial charge in [-0.3, -0.25) is 0 Å². The lowest BCUT2D eigenvalue weighted by molar-refractivity contribution is -0.0662. The first kappa shape index (κ1) is 18.2. The predicted octanol–water partition coefficient (Wildman–Crippen LogP) is 1.90. The van der Waals surface area contributed by atoms with E-state index >= 15 is 0 Å². The van der Waals surface area contributed by atoms with Crippen LogP contribution in [0.2, 0.25) is 0 Å². The van der Waals surface area contributed by atoms with Crippen molar-refractivity contribution < 1.29 is 14.6 Å². The summed E-state index contributed by atoms with van der Waals surface area (Å²) in [7, 11) is 0. The summed E-state index contributed by atoms with van der Waals surface area (Å²) in [5.41, 5.74) is 4.51. The maximum atomic E-state index is 9.02. The summed E-state index contributed by atoms with van der Waals surface area (Å²) in [5.74, 6) is 0. The Bertz CT molecular complexity index is 587. The van der Waals surface area contributed by atoms with Crippen molar-refractivity contribution in [3.8, 4) is 0 Å². The molecule has 4 rings (SSSR count). The fourth-order valence-electron chi connectivity index (χ4n) is 4.64. The Morgan fingerprint density at radius 2 is 2.00 bits per heavy atom. The van der Waals surface area contributed by atoms with Crippen molar-refractivity contribution in [3.05, 3.63) is 29.3 Å². The van der Waals surface area contributed by atoms with Crippen LogP contribution in [0.5, 0.6) is 0 Å². The third-order valence-electron chi connectivity index (χ3n) is 6.11. The van der Waals surface area contributed by atoms with E-state index < -0.39 is 0 Å². The maximum absolute atomic E-state index is 9.02. The average molecular weight is 360 g/mol. The van der Waals surface area contributed by atoms with Gasteiger partial charge < -0.3 is 24.8 Å². The Morgan fingerprint density at radius 1 is 1.15 bits per heavy atom. The molecule has 5 nitrogen and oxygen atoms in total. The van der Waals surface area contributed by atoms with Gasteiger partial charge in [0.25, 0.3) is 0 Å². The molecule has 0 saturated carbocycles. The third kappa shape index (κ3) is 4.22. The highest BCUT2D eigenvalue weighted by Gasteiger charge is 2.30. The van der Waals surface area contributed by atoms with Crippen LogP contribution in [0.1, 0.15) is 36.8 Å². The highest BCUT2D eigenvalue weighted by Crippen LogP contribution is 2.28. The lowest BCUT2D eigenvalue weighted by atomic mass is 9.99. The Kier molecular flexibility index (Phi) is 6.10. The number of aliphatic hydroxyl groups is 1. The molecule has 0 spiro atoms. The molecule has 3 aliphatic rings. The summed E-state index contributed by atoms with van der Waals surface area (Å²) < 4.78 is 11.5. The second kappa shape index (κ2) is 8.70. The summed E-state index contributed by atoms with van der Waals surface area (Å²) in [4.78, 5) is 2.54. The van der Waals surface area contributed by atoms with E-state index in [0.717, 1.165) is 39.0 Å². The summed E-state index contributed by atoms with van der Waals surface area (Å²) in [6.07, 6.45) is 7.19. The Labute approximate surface area is 156 Å². The van der Waals surface area contributed by atoms with E-state index in [4.69, 9.17) is 14.6 Å². The quantitative estimate of drug-likeness (QED) is 0.812. The van der Waals surface area contributed by atoms with E-state index in [0.29, 0.717) is 19.3 Å². The molecule has 0 radical (unpaired) electrons. The summed E-state index contributed by atoms with van der Waals surface area (Å²) in [5, 5.41) is 12.8. The van der Waals surface area contributed by atoms with E-state index in [-0.39, 0.29) is 18.8 Å². The fourth-order valence-corrected chi connectivity index (χ4v) is 4.64. The molecular weight excluding hydrogens is 328 g/mol. The molecule has 2 saturated heterocycles. The number of piperidine rings is 1. The molecule has 2 heterocycles. The van der Waals surface area contributed by atoms with E-state index in [1.165, 1.54) is 24.9 Å². The van der Waals surface area contributed by atoms with Gasteiger partial charge in [-0.1, -0.05) is 6.07 Å². The molecule has 1 aliphatic carbocycles. The van der Waals surface area contributed by atoms with E-state index in [1.807, 2.05) is 0 Å². The van der Waals surface area contributed by atoms with Gasteiger partial charge in [0.2, 0.25) is 0 Å². The summed E-state index contributed by atoms with van der Waals surface area (Å²) >= 11 is 0. The smallest absolute Gasteiger partial charge is 0.0773 e. The SMILES string of the molecule is OCCO[C@@H]1CCOC[C@@H]1NC1CCN(c2ccc3c(c2)CCC3)CC1. The molecule has 0 aromatic heterocycles. The van der Waals surface area contributed by atoms with Crippen LogP contribution in [-0.4, -0.2) is 62.8 Å². The van der Waals surface area contributed by atoms with Gasteiger partial charge in [0.1, 0.15) is 0 Å². The fraction of sp³-hybridized carbons (Fsp3) is 0.714. The van der Waals surface area contributed by atoms with Crippen molar-refractivity contribution >= 4 is 5.69 Å². The minimum absolute atomic E-state index is 0.0866. The van der Waals surface area contributed by atoms with Gasteiger partial charge in [0.15, 0.2) is 0 Å². The highest BCUT2D eigenvalue weighted by atomic mass is 16.5. The number of rotatable bonds is 6. The molecule has 144 valence electrons. The summed E-state index contributed by atoms with van der Waals surface area (Å²) in [6, 6.07) is 7.83. The number of anilines is 1. The first-order chi connectivity index (χ1) is 12.8. The molecule has 1 aromatic rings. The van der Waals surface area contributed by atoms with Crippen molar-refractivity contribution in [2.45, 2.75) is 56.7 Å². The van der Waals surface area contributed by atoms with Gasteiger partial charge in [-0.25, -0.2) is 0 Å². The van der Waals surface area contributed by atoms with Crippen LogP contribution < -0.4 is 10.2 Å². The topological polar surface area (TPSA) is 54.0 Å². The number of hydrogen-bond donors (Lipinski definition) is 2. The molecule has 0 bridgehead atoms. The molecule has 2 atom stereocenters. The average Bonchev–Trinajstić information content (AvgIpc) is 3.16. The minimum Gasteiger partial charge on any atom is -0.394 e. The number of fused-ring (bicyclic) bond motifs is 1. The number of hydrogen-bond acceptors (Lipinski definition) is 5. The Hall–Kier alpha value is -1.14. The Balaban J connectivity index is 1.29. The van der Waals surface area contributed by atoms with Crippen LogP contribution in [0, 0.1) is 0 Å². The van der Waals surface area contributed by atoms with Crippen LogP contribution in [0.3, 0.4) is 0 Å². The Morgan fingerprint density at radius 3 is 2.85 bits per heavy atom. The minimum atomic E-state index is 0.0866. The van der Waals surface area contributed by atoms with Gasteiger partial charge in [-0.15, -0.1) is 0 Å². The number of nitrogens with zero attached hydrogens (tertiary/aromatic N) is 1. The number of benzene rings is 1. The molecule has 1 aromatic carbocycles. The molecule has 2 N–H and O–H groups in total. The molecule has 5 heteroatoms. The molecular formula is C21H32N2O3. The number of nitrogens with one attached hydrogen (secondary N) is 1.